The van der Waals surface area contributed by atoms with Gasteiger partial charge in [-0.1, -0.05) is 23.7 Å². The van der Waals surface area contributed by atoms with Crippen LogP contribution in [0.4, 0.5) is 0 Å². The first kappa shape index (κ1) is 16.7. The summed E-state index contributed by atoms with van der Waals surface area (Å²) in [4.78, 5) is 4.50. The molecule has 2 rings (SSSR count). The van der Waals surface area contributed by atoms with Crippen molar-refractivity contribution in [2.75, 3.05) is 6.54 Å². The summed E-state index contributed by atoms with van der Waals surface area (Å²) in [5.41, 5.74) is 7.57. The third-order valence-corrected chi connectivity index (χ3v) is 3.21. The Balaban J connectivity index is 0.00000128. The molecule has 0 amide bonds. The molecule has 0 aliphatic carbocycles. The number of nitrogens with zero attached hydrogens (tertiary/aromatic N) is 1. The first-order valence-corrected chi connectivity index (χ1v) is 5.96. The molecule has 1 aromatic heterocycles. The van der Waals surface area contributed by atoms with E-state index < -0.39 is 0 Å². The maximum Gasteiger partial charge on any atom is 0.0945 e. The molecule has 2 aromatic rings. The lowest BCUT2D eigenvalue weighted by atomic mass is 10.2. The number of aromatic nitrogens is 1. The van der Waals surface area contributed by atoms with Crippen LogP contribution >= 0.6 is 47.8 Å². The average Bonchev–Trinajstić information content (AvgIpc) is 2.68. The molecular formula is C11H13Cl3N2S. The van der Waals surface area contributed by atoms with E-state index in [1.165, 1.54) is 0 Å². The highest BCUT2D eigenvalue weighted by Crippen LogP contribution is 2.23. The van der Waals surface area contributed by atoms with E-state index in [1.807, 2.05) is 29.6 Å². The van der Waals surface area contributed by atoms with Gasteiger partial charge in [-0.05, 0) is 18.7 Å². The van der Waals surface area contributed by atoms with Crippen molar-refractivity contribution < 1.29 is 0 Å². The van der Waals surface area contributed by atoms with Crippen molar-refractivity contribution >= 4 is 47.8 Å². The predicted octanol–water partition coefficient (Wildman–Crippen LogP) is 3.81. The predicted molar refractivity (Wildman–Crippen MR) is 79.8 cm³/mol. The Morgan fingerprint density at radius 2 is 1.82 bits per heavy atom. The van der Waals surface area contributed by atoms with Crippen LogP contribution in [0.25, 0.3) is 11.3 Å². The number of halogens is 3. The highest BCUT2D eigenvalue weighted by atomic mass is 35.5. The van der Waals surface area contributed by atoms with E-state index in [1.54, 1.807) is 11.3 Å². The molecule has 0 bridgehead atoms. The van der Waals surface area contributed by atoms with Crippen molar-refractivity contribution in [2.45, 2.75) is 6.42 Å². The Bertz CT molecular complexity index is 442. The Morgan fingerprint density at radius 3 is 2.41 bits per heavy atom. The second-order valence-corrected chi connectivity index (χ2v) is 4.55. The minimum atomic E-state index is 0. The van der Waals surface area contributed by atoms with Gasteiger partial charge >= 0.3 is 0 Å². The highest BCUT2D eigenvalue weighted by Gasteiger charge is 2.03. The number of nitrogens with two attached hydrogens (primary N) is 1. The van der Waals surface area contributed by atoms with Gasteiger partial charge in [0.2, 0.25) is 0 Å². The average molecular weight is 312 g/mol. The second kappa shape index (κ2) is 7.90. The Morgan fingerprint density at radius 1 is 1.18 bits per heavy atom. The highest BCUT2D eigenvalue weighted by molar-refractivity contribution is 7.09. The van der Waals surface area contributed by atoms with E-state index in [2.05, 4.69) is 4.98 Å². The first-order chi connectivity index (χ1) is 7.29. The van der Waals surface area contributed by atoms with Crippen LogP contribution in [0.3, 0.4) is 0 Å². The number of hydrogen-bond donors (Lipinski definition) is 1. The van der Waals surface area contributed by atoms with Gasteiger partial charge in [0.15, 0.2) is 0 Å². The van der Waals surface area contributed by atoms with E-state index in [-0.39, 0.29) is 24.8 Å². The summed E-state index contributed by atoms with van der Waals surface area (Å²) in [7, 11) is 0. The Hall–Kier alpha value is -0.320. The molecule has 2 N–H and O–H groups in total. The third kappa shape index (κ3) is 4.45. The van der Waals surface area contributed by atoms with E-state index in [4.69, 9.17) is 17.3 Å². The first-order valence-electron chi connectivity index (χ1n) is 4.70. The molecule has 6 heteroatoms. The zero-order chi connectivity index (χ0) is 10.7. The number of benzene rings is 1. The van der Waals surface area contributed by atoms with Crippen LogP contribution < -0.4 is 5.73 Å². The molecule has 0 aliphatic heterocycles. The summed E-state index contributed by atoms with van der Waals surface area (Å²) in [6.07, 6.45) is 0.845. The molecule has 0 aliphatic rings. The minimum Gasteiger partial charge on any atom is -0.330 e. The largest absolute Gasteiger partial charge is 0.330 e. The fraction of sp³-hybridized carbons (Fsp3) is 0.182. The van der Waals surface area contributed by atoms with E-state index >= 15 is 0 Å². The van der Waals surface area contributed by atoms with E-state index in [0.717, 1.165) is 27.7 Å². The molecule has 0 unspecified atom stereocenters. The van der Waals surface area contributed by atoms with Crippen LogP contribution in [-0.2, 0) is 6.42 Å². The van der Waals surface area contributed by atoms with Crippen LogP contribution in [0.15, 0.2) is 29.6 Å². The molecule has 0 saturated heterocycles. The van der Waals surface area contributed by atoms with Gasteiger partial charge in [0.1, 0.15) is 0 Å². The van der Waals surface area contributed by atoms with Gasteiger partial charge in [-0.2, -0.15) is 0 Å². The van der Waals surface area contributed by atoms with Gasteiger partial charge in [0, 0.05) is 22.4 Å². The molecule has 1 aromatic carbocycles. The molecule has 17 heavy (non-hydrogen) atoms. The molecule has 0 spiro atoms. The van der Waals surface area contributed by atoms with Gasteiger partial charge in [-0.25, -0.2) is 4.98 Å². The van der Waals surface area contributed by atoms with E-state index in [9.17, 15) is 0 Å². The maximum absolute atomic E-state index is 5.82. The lowest BCUT2D eigenvalue weighted by Crippen LogP contribution is -2.01. The summed E-state index contributed by atoms with van der Waals surface area (Å²) in [6.45, 7) is 0.646. The summed E-state index contributed by atoms with van der Waals surface area (Å²) >= 11 is 7.47. The number of hydrogen-bond acceptors (Lipinski definition) is 3. The molecule has 94 valence electrons. The Labute approximate surface area is 122 Å². The van der Waals surface area contributed by atoms with Gasteiger partial charge in [0.25, 0.3) is 0 Å². The quantitative estimate of drug-likeness (QED) is 0.936. The Kier molecular flexibility index (Phi) is 7.75. The molecule has 0 fully saturated rings. The topological polar surface area (TPSA) is 38.9 Å². The summed E-state index contributed by atoms with van der Waals surface area (Å²) < 4.78 is 0. The fourth-order valence-corrected chi connectivity index (χ4v) is 2.25. The zero-order valence-electron chi connectivity index (χ0n) is 8.93. The molecule has 2 nitrogen and oxygen atoms in total. The molecule has 1 heterocycles. The fourth-order valence-electron chi connectivity index (χ4n) is 1.30. The van der Waals surface area contributed by atoms with Crippen LogP contribution in [0.1, 0.15) is 5.01 Å². The molecule has 0 saturated carbocycles. The number of thiazole rings is 1. The van der Waals surface area contributed by atoms with Crippen LogP contribution in [0, 0.1) is 0 Å². The normalized spacial score (nSPS) is 9.29. The molecule has 0 atom stereocenters. The van der Waals surface area contributed by atoms with Crippen molar-refractivity contribution in [3.63, 3.8) is 0 Å². The van der Waals surface area contributed by atoms with Crippen molar-refractivity contribution in [2.24, 2.45) is 5.73 Å². The van der Waals surface area contributed by atoms with Gasteiger partial charge < -0.3 is 5.73 Å². The smallest absolute Gasteiger partial charge is 0.0945 e. The van der Waals surface area contributed by atoms with Gasteiger partial charge in [0.05, 0.1) is 10.7 Å². The van der Waals surface area contributed by atoms with Crippen LogP contribution in [-0.4, -0.2) is 11.5 Å². The third-order valence-electron chi connectivity index (χ3n) is 2.05. The van der Waals surface area contributed by atoms with Crippen LogP contribution in [0.5, 0.6) is 0 Å². The van der Waals surface area contributed by atoms with E-state index in [0.29, 0.717) is 6.54 Å². The summed E-state index contributed by atoms with van der Waals surface area (Å²) in [6, 6.07) is 7.70. The van der Waals surface area contributed by atoms with Crippen molar-refractivity contribution in [1.82, 2.24) is 4.98 Å². The van der Waals surface area contributed by atoms with Crippen molar-refractivity contribution in [3.8, 4) is 11.3 Å². The zero-order valence-corrected chi connectivity index (χ0v) is 12.1. The van der Waals surface area contributed by atoms with Gasteiger partial charge in [-0.3, -0.25) is 0 Å². The van der Waals surface area contributed by atoms with Crippen molar-refractivity contribution in [1.29, 1.82) is 0 Å². The van der Waals surface area contributed by atoms with Gasteiger partial charge in [-0.15, -0.1) is 36.2 Å². The summed E-state index contributed by atoms with van der Waals surface area (Å²) in [5.74, 6) is 0. The lowest BCUT2D eigenvalue weighted by molar-refractivity contribution is 0.954. The monoisotopic (exact) mass is 310 g/mol. The second-order valence-electron chi connectivity index (χ2n) is 3.17. The molecule has 0 radical (unpaired) electrons. The SMILES string of the molecule is Cl.Cl.NCCc1nc(-c2ccc(Cl)cc2)cs1. The lowest BCUT2D eigenvalue weighted by Gasteiger charge is -1.96. The minimum absolute atomic E-state index is 0. The maximum atomic E-state index is 5.82. The number of rotatable bonds is 3. The standard InChI is InChI=1S/C11H11ClN2S.2ClH/c12-9-3-1-8(2-4-9)10-7-15-11(14-10)5-6-13;;/h1-4,7H,5-6,13H2;2*1H. The summed E-state index contributed by atoms with van der Waals surface area (Å²) in [5, 5.41) is 3.88. The van der Waals surface area contributed by atoms with Crippen molar-refractivity contribution in [3.05, 3.63) is 39.7 Å². The van der Waals surface area contributed by atoms with Crippen LogP contribution in [0.2, 0.25) is 5.02 Å². The molecular weight excluding hydrogens is 299 g/mol.